The lowest BCUT2D eigenvalue weighted by atomic mass is 10.0. The Kier molecular flexibility index (Phi) is 5.12. The van der Waals surface area contributed by atoms with E-state index in [2.05, 4.69) is 10.3 Å². The Bertz CT molecular complexity index is 691. The van der Waals surface area contributed by atoms with E-state index in [1.807, 2.05) is 41.8 Å². The van der Waals surface area contributed by atoms with E-state index in [9.17, 15) is 4.79 Å². The molecule has 0 amide bonds. The third kappa shape index (κ3) is 3.81. The number of carbonyl (C=O) groups is 1. The van der Waals surface area contributed by atoms with Gasteiger partial charge in [0.2, 0.25) is 0 Å². The van der Waals surface area contributed by atoms with Crippen molar-refractivity contribution in [3.05, 3.63) is 52.2 Å². The molecule has 0 spiro atoms. The standard InChI is InChI=1S/C16H18N4OS2/c17-13(14(21)16-19-7-9-23-16)10-3-5-11(6-4-10)20-15(18)12-2-1-8-22-12/h1-6,8,13,16,19H,7,9,17H2,(H2,18,20). The smallest absolute Gasteiger partial charge is 0.181 e. The minimum atomic E-state index is -0.620. The average Bonchev–Trinajstić information content (AvgIpc) is 3.27. The summed E-state index contributed by atoms with van der Waals surface area (Å²) in [5, 5.41) is 4.92. The summed E-state index contributed by atoms with van der Waals surface area (Å²) in [5.74, 6) is 1.44. The van der Waals surface area contributed by atoms with Crippen molar-refractivity contribution in [2.75, 3.05) is 12.3 Å². The van der Waals surface area contributed by atoms with Crippen molar-refractivity contribution in [3.8, 4) is 0 Å². The summed E-state index contributed by atoms with van der Waals surface area (Å²) in [5.41, 5.74) is 13.6. The van der Waals surface area contributed by atoms with Gasteiger partial charge in [-0.1, -0.05) is 18.2 Å². The molecule has 120 valence electrons. The lowest BCUT2D eigenvalue weighted by Gasteiger charge is -2.15. The third-order valence-electron chi connectivity index (χ3n) is 3.56. The van der Waals surface area contributed by atoms with Crippen molar-refractivity contribution in [2.45, 2.75) is 11.4 Å². The van der Waals surface area contributed by atoms with Crippen molar-refractivity contribution in [1.82, 2.24) is 5.32 Å². The summed E-state index contributed by atoms with van der Waals surface area (Å²) in [6.45, 7) is 0.851. The second-order valence-electron chi connectivity index (χ2n) is 5.15. The van der Waals surface area contributed by atoms with Gasteiger partial charge in [-0.05, 0) is 29.1 Å². The first-order valence-electron chi connectivity index (χ1n) is 7.27. The Hall–Kier alpha value is -1.67. The van der Waals surface area contributed by atoms with E-state index in [-0.39, 0.29) is 11.2 Å². The molecular weight excluding hydrogens is 328 g/mol. The molecule has 7 heteroatoms. The van der Waals surface area contributed by atoms with Gasteiger partial charge in [0, 0.05) is 12.3 Å². The Morgan fingerprint density at radius 2 is 2.09 bits per heavy atom. The molecule has 1 aliphatic heterocycles. The summed E-state index contributed by atoms with van der Waals surface area (Å²) in [4.78, 5) is 17.6. The maximum absolute atomic E-state index is 12.3. The molecule has 2 atom stereocenters. The van der Waals surface area contributed by atoms with Crippen LogP contribution in [0.4, 0.5) is 5.69 Å². The Labute approximate surface area is 143 Å². The van der Waals surface area contributed by atoms with Crippen LogP contribution in [0.1, 0.15) is 16.5 Å². The zero-order chi connectivity index (χ0) is 16.2. The van der Waals surface area contributed by atoms with Gasteiger partial charge in [0.05, 0.1) is 16.6 Å². The number of carbonyl (C=O) groups excluding carboxylic acids is 1. The molecular formula is C16H18N4OS2. The van der Waals surface area contributed by atoms with Gasteiger partial charge in [-0.25, -0.2) is 4.99 Å². The van der Waals surface area contributed by atoms with Crippen LogP contribution in [0.25, 0.3) is 0 Å². The number of hydrogen-bond acceptors (Lipinski definition) is 6. The Morgan fingerprint density at radius 3 is 2.70 bits per heavy atom. The molecule has 0 bridgehead atoms. The van der Waals surface area contributed by atoms with Crippen LogP contribution in [0.2, 0.25) is 0 Å². The van der Waals surface area contributed by atoms with Crippen molar-refractivity contribution in [2.24, 2.45) is 16.5 Å². The second kappa shape index (κ2) is 7.27. The summed E-state index contributed by atoms with van der Waals surface area (Å²) in [6, 6.07) is 10.6. The van der Waals surface area contributed by atoms with Crippen LogP contribution in [0.15, 0.2) is 46.8 Å². The molecule has 1 fully saturated rings. The number of Topliss-reactive ketones (excluding diaryl/α,β-unsaturated/α-hetero) is 1. The number of benzene rings is 1. The number of aliphatic imine (C=N–C) groups is 1. The predicted molar refractivity (Wildman–Crippen MR) is 97.3 cm³/mol. The number of thiophene rings is 1. The number of hydrogen-bond donors (Lipinski definition) is 3. The van der Waals surface area contributed by atoms with Gasteiger partial charge in [-0.15, -0.1) is 23.1 Å². The van der Waals surface area contributed by atoms with Gasteiger partial charge >= 0.3 is 0 Å². The van der Waals surface area contributed by atoms with Gasteiger partial charge in [0.1, 0.15) is 11.2 Å². The maximum Gasteiger partial charge on any atom is 0.181 e. The third-order valence-corrected chi connectivity index (χ3v) is 5.62. The highest BCUT2D eigenvalue weighted by Gasteiger charge is 2.28. The summed E-state index contributed by atoms with van der Waals surface area (Å²) in [6.07, 6.45) is 0. The van der Waals surface area contributed by atoms with E-state index in [0.717, 1.165) is 28.4 Å². The molecule has 5 N–H and O–H groups in total. The van der Waals surface area contributed by atoms with Crippen molar-refractivity contribution in [1.29, 1.82) is 0 Å². The molecule has 2 unspecified atom stereocenters. The number of nitrogens with one attached hydrogen (secondary N) is 1. The first-order valence-corrected chi connectivity index (χ1v) is 9.20. The first kappa shape index (κ1) is 16.2. The average molecular weight is 346 g/mol. The molecule has 1 saturated heterocycles. The van der Waals surface area contributed by atoms with Crippen molar-refractivity contribution in [3.63, 3.8) is 0 Å². The highest BCUT2D eigenvalue weighted by atomic mass is 32.2. The van der Waals surface area contributed by atoms with E-state index >= 15 is 0 Å². The first-order chi connectivity index (χ1) is 11.1. The molecule has 2 aromatic rings. The van der Waals surface area contributed by atoms with Gasteiger partial charge in [-0.2, -0.15) is 0 Å². The van der Waals surface area contributed by atoms with Crippen LogP contribution >= 0.6 is 23.1 Å². The normalized spacial score (nSPS) is 19.7. The highest BCUT2D eigenvalue weighted by Crippen LogP contribution is 2.23. The summed E-state index contributed by atoms with van der Waals surface area (Å²) >= 11 is 3.15. The summed E-state index contributed by atoms with van der Waals surface area (Å²) < 4.78 is 0. The Morgan fingerprint density at radius 1 is 1.30 bits per heavy atom. The maximum atomic E-state index is 12.3. The molecule has 0 aliphatic carbocycles. The zero-order valence-corrected chi connectivity index (χ0v) is 14.1. The van der Waals surface area contributed by atoms with Crippen LogP contribution in [0, 0.1) is 0 Å². The minimum absolute atomic E-state index is 0.0156. The van der Waals surface area contributed by atoms with E-state index in [0.29, 0.717) is 5.84 Å². The second-order valence-corrected chi connectivity index (χ2v) is 7.31. The van der Waals surface area contributed by atoms with Crippen LogP contribution in [-0.4, -0.2) is 29.3 Å². The molecule has 1 aromatic heterocycles. The van der Waals surface area contributed by atoms with E-state index in [1.54, 1.807) is 23.1 Å². The van der Waals surface area contributed by atoms with Crippen molar-refractivity contribution >= 4 is 40.4 Å². The number of nitrogens with zero attached hydrogens (tertiary/aromatic N) is 1. The number of nitrogens with two attached hydrogens (primary N) is 2. The fourth-order valence-corrected chi connectivity index (χ4v) is 3.96. The lowest BCUT2D eigenvalue weighted by molar-refractivity contribution is -0.120. The topological polar surface area (TPSA) is 93.5 Å². The van der Waals surface area contributed by atoms with Gasteiger partial charge in [0.25, 0.3) is 0 Å². The number of amidine groups is 1. The minimum Gasteiger partial charge on any atom is -0.383 e. The Balaban J connectivity index is 1.71. The zero-order valence-electron chi connectivity index (χ0n) is 12.4. The number of thioether (sulfide) groups is 1. The quantitative estimate of drug-likeness (QED) is 0.569. The van der Waals surface area contributed by atoms with Gasteiger partial charge in [-0.3, -0.25) is 10.1 Å². The largest absolute Gasteiger partial charge is 0.383 e. The van der Waals surface area contributed by atoms with Crippen LogP contribution in [-0.2, 0) is 4.79 Å². The molecule has 3 rings (SSSR count). The number of ketones is 1. The molecule has 1 aromatic carbocycles. The van der Waals surface area contributed by atoms with Crippen LogP contribution < -0.4 is 16.8 Å². The molecule has 0 saturated carbocycles. The van der Waals surface area contributed by atoms with E-state index in [4.69, 9.17) is 11.5 Å². The fourth-order valence-electron chi connectivity index (χ4n) is 2.31. The monoisotopic (exact) mass is 346 g/mol. The predicted octanol–water partition coefficient (Wildman–Crippen LogP) is 2.02. The van der Waals surface area contributed by atoms with Crippen LogP contribution in [0.5, 0.6) is 0 Å². The SMILES string of the molecule is NC(=Nc1ccc(C(N)C(=O)C2NCCS2)cc1)c1cccs1. The molecule has 5 nitrogen and oxygen atoms in total. The van der Waals surface area contributed by atoms with Crippen LogP contribution in [0.3, 0.4) is 0 Å². The van der Waals surface area contributed by atoms with E-state index in [1.165, 1.54) is 0 Å². The molecule has 0 radical (unpaired) electrons. The lowest BCUT2D eigenvalue weighted by Crippen LogP contribution is -2.36. The van der Waals surface area contributed by atoms with Gasteiger partial charge < -0.3 is 11.5 Å². The molecule has 23 heavy (non-hydrogen) atoms. The molecule has 1 aliphatic rings. The highest BCUT2D eigenvalue weighted by molar-refractivity contribution is 8.00. The summed E-state index contributed by atoms with van der Waals surface area (Å²) in [7, 11) is 0. The molecule has 2 heterocycles. The van der Waals surface area contributed by atoms with Gasteiger partial charge in [0.15, 0.2) is 5.78 Å². The van der Waals surface area contributed by atoms with Crippen molar-refractivity contribution < 1.29 is 4.79 Å². The fraction of sp³-hybridized carbons (Fsp3) is 0.250. The van der Waals surface area contributed by atoms with E-state index < -0.39 is 6.04 Å². The number of rotatable bonds is 5.